The summed E-state index contributed by atoms with van der Waals surface area (Å²) in [5.74, 6) is 0. The molecule has 0 bridgehead atoms. The molecular formula is C10H18N2O2. The van der Waals surface area contributed by atoms with Gasteiger partial charge in [0.1, 0.15) is 0 Å². The molecular weight excluding hydrogens is 180 g/mol. The van der Waals surface area contributed by atoms with Crippen molar-refractivity contribution >= 4 is 6.08 Å². The first-order chi connectivity index (χ1) is 6.64. The largest absolute Gasteiger partial charge is 0.379 e. The van der Waals surface area contributed by atoms with Gasteiger partial charge in [0.05, 0.1) is 18.8 Å². The average molecular weight is 198 g/mol. The minimum atomic E-state index is -0.278. The van der Waals surface area contributed by atoms with E-state index < -0.39 is 0 Å². The van der Waals surface area contributed by atoms with Gasteiger partial charge in [-0.1, -0.05) is 0 Å². The molecule has 0 aromatic heterocycles. The second-order valence-electron chi connectivity index (χ2n) is 4.22. The molecule has 0 saturated carbocycles. The smallest absolute Gasteiger partial charge is 0.235 e. The number of morpholine rings is 1. The second kappa shape index (κ2) is 5.25. The van der Waals surface area contributed by atoms with Crippen molar-refractivity contribution in [3.63, 3.8) is 0 Å². The quantitative estimate of drug-likeness (QED) is 0.496. The molecule has 0 radical (unpaired) electrons. The highest BCUT2D eigenvalue weighted by atomic mass is 16.5. The third kappa shape index (κ3) is 4.01. The minimum Gasteiger partial charge on any atom is -0.379 e. The van der Waals surface area contributed by atoms with Gasteiger partial charge in [-0.15, -0.1) is 0 Å². The topological polar surface area (TPSA) is 41.9 Å². The lowest BCUT2D eigenvalue weighted by Gasteiger charge is -2.29. The van der Waals surface area contributed by atoms with Gasteiger partial charge in [0, 0.05) is 19.6 Å². The maximum Gasteiger partial charge on any atom is 0.235 e. The molecule has 14 heavy (non-hydrogen) atoms. The van der Waals surface area contributed by atoms with Crippen molar-refractivity contribution in [1.82, 2.24) is 4.90 Å². The van der Waals surface area contributed by atoms with Crippen molar-refractivity contribution < 1.29 is 9.53 Å². The Morgan fingerprint density at radius 1 is 1.43 bits per heavy atom. The van der Waals surface area contributed by atoms with Crippen LogP contribution in [0.15, 0.2) is 4.99 Å². The van der Waals surface area contributed by atoms with E-state index in [-0.39, 0.29) is 5.54 Å². The molecule has 0 N–H and O–H groups in total. The standard InChI is InChI=1S/C10H18N2O2/c1-10(2,11-9-13)3-4-12-5-7-14-8-6-12/h3-8H2,1-2H3. The first kappa shape index (κ1) is 11.4. The fourth-order valence-electron chi connectivity index (χ4n) is 1.44. The summed E-state index contributed by atoms with van der Waals surface area (Å²) in [6.45, 7) is 8.49. The van der Waals surface area contributed by atoms with E-state index in [0.717, 1.165) is 39.3 Å². The van der Waals surface area contributed by atoms with Gasteiger partial charge in [-0.2, -0.15) is 4.99 Å². The summed E-state index contributed by atoms with van der Waals surface area (Å²) in [6, 6.07) is 0. The molecule has 0 aromatic carbocycles. The zero-order chi connectivity index (χ0) is 10.4. The van der Waals surface area contributed by atoms with E-state index in [1.165, 1.54) is 0 Å². The van der Waals surface area contributed by atoms with E-state index >= 15 is 0 Å². The SMILES string of the molecule is CC(C)(CCN1CCOCC1)N=C=O. The average Bonchev–Trinajstić information content (AvgIpc) is 2.17. The lowest BCUT2D eigenvalue weighted by Crippen LogP contribution is -2.38. The molecule has 0 aliphatic carbocycles. The molecule has 80 valence electrons. The predicted molar refractivity (Wildman–Crippen MR) is 54.1 cm³/mol. The van der Waals surface area contributed by atoms with E-state index in [1.54, 1.807) is 6.08 Å². The predicted octanol–water partition coefficient (Wildman–Crippen LogP) is 0.823. The summed E-state index contributed by atoms with van der Waals surface area (Å²) in [5.41, 5.74) is -0.278. The van der Waals surface area contributed by atoms with Crippen molar-refractivity contribution in [2.75, 3.05) is 32.8 Å². The van der Waals surface area contributed by atoms with Gasteiger partial charge in [0.2, 0.25) is 6.08 Å². The molecule has 1 heterocycles. The fraction of sp³-hybridized carbons (Fsp3) is 0.900. The highest BCUT2D eigenvalue weighted by molar-refractivity contribution is 5.34. The van der Waals surface area contributed by atoms with Crippen LogP contribution in [0.1, 0.15) is 20.3 Å². The molecule has 4 heteroatoms. The number of nitrogens with zero attached hydrogens (tertiary/aromatic N) is 2. The Morgan fingerprint density at radius 2 is 2.07 bits per heavy atom. The number of hydrogen-bond donors (Lipinski definition) is 0. The summed E-state index contributed by atoms with van der Waals surface area (Å²) in [4.78, 5) is 16.3. The maximum atomic E-state index is 10.1. The van der Waals surface area contributed by atoms with E-state index in [1.807, 2.05) is 13.8 Å². The number of carbonyl (C=O) groups excluding carboxylic acids is 1. The summed E-state index contributed by atoms with van der Waals surface area (Å²) in [6.07, 6.45) is 2.52. The van der Waals surface area contributed by atoms with Crippen LogP contribution in [0.2, 0.25) is 0 Å². The van der Waals surface area contributed by atoms with Gasteiger partial charge < -0.3 is 4.74 Å². The van der Waals surface area contributed by atoms with Gasteiger partial charge in [0.25, 0.3) is 0 Å². The minimum absolute atomic E-state index is 0.278. The van der Waals surface area contributed by atoms with Gasteiger partial charge in [0.15, 0.2) is 0 Å². The van der Waals surface area contributed by atoms with Crippen LogP contribution < -0.4 is 0 Å². The van der Waals surface area contributed by atoms with Gasteiger partial charge >= 0.3 is 0 Å². The molecule has 1 fully saturated rings. The second-order valence-corrected chi connectivity index (χ2v) is 4.22. The first-order valence-corrected chi connectivity index (χ1v) is 5.03. The number of ether oxygens (including phenoxy) is 1. The van der Waals surface area contributed by atoms with Crippen LogP contribution >= 0.6 is 0 Å². The maximum absolute atomic E-state index is 10.1. The summed E-state index contributed by atoms with van der Waals surface area (Å²) in [7, 11) is 0. The third-order valence-corrected chi connectivity index (χ3v) is 2.49. The third-order valence-electron chi connectivity index (χ3n) is 2.49. The Hall–Kier alpha value is -0.700. The molecule has 4 nitrogen and oxygen atoms in total. The van der Waals surface area contributed by atoms with Gasteiger partial charge in [-0.05, 0) is 20.3 Å². The van der Waals surface area contributed by atoms with Crippen molar-refractivity contribution in [2.24, 2.45) is 4.99 Å². The summed E-state index contributed by atoms with van der Waals surface area (Å²) >= 11 is 0. The molecule has 1 rings (SSSR count). The van der Waals surface area contributed by atoms with Crippen molar-refractivity contribution in [2.45, 2.75) is 25.8 Å². The lowest BCUT2D eigenvalue weighted by atomic mass is 10.0. The Balaban J connectivity index is 2.27. The monoisotopic (exact) mass is 198 g/mol. The van der Waals surface area contributed by atoms with Crippen molar-refractivity contribution in [3.8, 4) is 0 Å². The molecule has 1 aliphatic rings. The van der Waals surface area contributed by atoms with Crippen LogP contribution in [0.4, 0.5) is 0 Å². The Kier molecular flexibility index (Phi) is 4.26. The van der Waals surface area contributed by atoms with Crippen LogP contribution in [0, 0.1) is 0 Å². The molecule has 0 amide bonds. The highest BCUT2D eigenvalue weighted by Crippen LogP contribution is 2.14. The molecule has 1 saturated heterocycles. The first-order valence-electron chi connectivity index (χ1n) is 5.03. The highest BCUT2D eigenvalue weighted by Gasteiger charge is 2.18. The van der Waals surface area contributed by atoms with Crippen molar-refractivity contribution in [1.29, 1.82) is 0 Å². The Bertz CT molecular complexity index is 216. The van der Waals surface area contributed by atoms with Crippen molar-refractivity contribution in [3.05, 3.63) is 0 Å². The molecule has 0 spiro atoms. The number of hydrogen-bond acceptors (Lipinski definition) is 4. The zero-order valence-corrected chi connectivity index (χ0v) is 8.95. The summed E-state index contributed by atoms with van der Waals surface area (Å²) in [5, 5.41) is 0. The lowest BCUT2D eigenvalue weighted by molar-refractivity contribution is 0.0353. The van der Waals surface area contributed by atoms with Crippen LogP contribution in [-0.4, -0.2) is 49.4 Å². The summed E-state index contributed by atoms with van der Waals surface area (Å²) < 4.78 is 5.25. The normalized spacial score (nSPS) is 19.0. The number of isocyanates is 1. The van der Waals surface area contributed by atoms with Crippen LogP contribution in [-0.2, 0) is 9.53 Å². The van der Waals surface area contributed by atoms with Crippen LogP contribution in [0.3, 0.4) is 0 Å². The Labute approximate surface area is 84.9 Å². The van der Waals surface area contributed by atoms with E-state index in [9.17, 15) is 4.79 Å². The number of aliphatic imine (C=N–C) groups is 1. The zero-order valence-electron chi connectivity index (χ0n) is 8.95. The van der Waals surface area contributed by atoms with E-state index in [0.29, 0.717) is 0 Å². The van der Waals surface area contributed by atoms with E-state index in [4.69, 9.17) is 4.74 Å². The molecule has 0 unspecified atom stereocenters. The fourth-order valence-corrected chi connectivity index (χ4v) is 1.44. The van der Waals surface area contributed by atoms with Gasteiger partial charge in [-0.3, -0.25) is 4.90 Å². The Morgan fingerprint density at radius 3 is 2.64 bits per heavy atom. The molecule has 0 atom stereocenters. The van der Waals surface area contributed by atoms with Crippen LogP contribution in [0.5, 0.6) is 0 Å². The van der Waals surface area contributed by atoms with Gasteiger partial charge in [-0.25, -0.2) is 4.79 Å². The molecule has 0 aromatic rings. The van der Waals surface area contributed by atoms with Crippen LogP contribution in [0.25, 0.3) is 0 Å². The molecule has 1 aliphatic heterocycles. The van der Waals surface area contributed by atoms with E-state index in [2.05, 4.69) is 9.89 Å². The number of rotatable bonds is 4.